The van der Waals surface area contributed by atoms with Gasteiger partial charge in [-0.2, -0.15) is 0 Å². The Bertz CT molecular complexity index is 448. The maximum Gasteiger partial charge on any atom is 0.254 e. The second-order valence-electron chi connectivity index (χ2n) is 4.08. The van der Waals surface area contributed by atoms with Crippen LogP contribution in [0.15, 0.2) is 18.5 Å². The Balaban J connectivity index is 2.35. The molecule has 2 heterocycles. The van der Waals surface area contributed by atoms with Crippen LogP contribution in [0.4, 0.5) is 0 Å². The van der Waals surface area contributed by atoms with Crippen LogP contribution in [0.2, 0.25) is 0 Å². The molecule has 0 spiro atoms. The smallest absolute Gasteiger partial charge is 0.254 e. The number of hydrogen-bond acceptors (Lipinski definition) is 4. The Morgan fingerprint density at radius 3 is 2.93 bits per heavy atom. The summed E-state index contributed by atoms with van der Waals surface area (Å²) < 4.78 is 1.84. The van der Waals surface area contributed by atoms with Crippen molar-refractivity contribution in [1.82, 2.24) is 19.6 Å². The van der Waals surface area contributed by atoms with Gasteiger partial charge in [-0.1, -0.05) is 13.8 Å². The van der Waals surface area contributed by atoms with Crippen molar-refractivity contribution in [3.63, 3.8) is 0 Å². The highest BCUT2D eigenvalue weighted by Crippen LogP contribution is 2.16. The summed E-state index contributed by atoms with van der Waals surface area (Å²) >= 11 is 0. The highest BCUT2D eigenvalue weighted by atomic mass is 15.3. The third kappa shape index (κ3) is 1.97. The molecule has 0 bridgehead atoms. The average Bonchev–Trinajstić information content (AvgIpc) is 2.59. The van der Waals surface area contributed by atoms with E-state index in [0.717, 1.165) is 12.2 Å². The number of nitrogens with zero attached hydrogens (tertiary/aromatic N) is 4. The molecule has 2 N–H and O–H groups in total. The zero-order valence-corrected chi connectivity index (χ0v) is 8.96. The molecule has 15 heavy (non-hydrogen) atoms. The van der Waals surface area contributed by atoms with E-state index in [1.165, 1.54) is 0 Å². The summed E-state index contributed by atoms with van der Waals surface area (Å²) in [5.41, 5.74) is 6.06. The van der Waals surface area contributed by atoms with Gasteiger partial charge in [0.2, 0.25) is 0 Å². The molecule has 0 fully saturated rings. The molecule has 2 rings (SSSR count). The van der Waals surface area contributed by atoms with Crippen molar-refractivity contribution in [2.75, 3.05) is 0 Å². The molecule has 0 saturated heterocycles. The summed E-state index contributed by atoms with van der Waals surface area (Å²) in [5.74, 6) is 1.93. The minimum Gasteiger partial charge on any atom is -0.321 e. The standard InChI is InChI=1S/C10H15N5/c1-7(2)6-8(11)9-13-14-10-12-4-3-5-15(9)10/h3-5,7-8H,6,11H2,1-2H3/t8-/m1/s1. The van der Waals surface area contributed by atoms with Gasteiger partial charge in [-0.05, 0) is 18.4 Å². The first-order chi connectivity index (χ1) is 7.18. The molecule has 0 aliphatic rings. The van der Waals surface area contributed by atoms with E-state index < -0.39 is 0 Å². The molecule has 0 aliphatic carbocycles. The van der Waals surface area contributed by atoms with Crippen LogP contribution in [0.1, 0.15) is 32.1 Å². The summed E-state index contributed by atoms with van der Waals surface area (Å²) in [5, 5.41) is 8.04. The van der Waals surface area contributed by atoms with Crippen molar-refractivity contribution in [2.45, 2.75) is 26.3 Å². The number of rotatable bonds is 3. The second-order valence-corrected chi connectivity index (χ2v) is 4.08. The lowest BCUT2D eigenvalue weighted by atomic mass is 10.0. The highest BCUT2D eigenvalue weighted by Gasteiger charge is 2.15. The molecular weight excluding hydrogens is 190 g/mol. The zero-order valence-electron chi connectivity index (χ0n) is 8.96. The SMILES string of the molecule is CC(C)C[C@@H](N)c1nnc2ncccn12. The molecule has 0 unspecified atom stereocenters. The van der Waals surface area contributed by atoms with Gasteiger partial charge in [0, 0.05) is 12.4 Å². The van der Waals surface area contributed by atoms with Crippen LogP contribution in [0.5, 0.6) is 0 Å². The van der Waals surface area contributed by atoms with Gasteiger partial charge in [0.15, 0.2) is 5.82 Å². The van der Waals surface area contributed by atoms with Crippen LogP contribution in [-0.2, 0) is 0 Å². The van der Waals surface area contributed by atoms with E-state index in [2.05, 4.69) is 29.0 Å². The van der Waals surface area contributed by atoms with E-state index in [4.69, 9.17) is 5.73 Å². The van der Waals surface area contributed by atoms with E-state index in [9.17, 15) is 0 Å². The normalized spacial score (nSPS) is 13.6. The Hall–Kier alpha value is -1.49. The minimum atomic E-state index is -0.0794. The van der Waals surface area contributed by atoms with Crippen LogP contribution in [0, 0.1) is 5.92 Å². The largest absolute Gasteiger partial charge is 0.321 e. The van der Waals surface area contributed by atoms with Gasteiger partial charge < -0.3 is 5.73 Å². The van der Waals surface area contributed by atoms with Crippen LogP contribution in [0.3, 0.4) is 0 Å². The lowest BCUT2D eigenvalue weighted by Gasteiger charge is -2.11. The van der Waals surface area contributed by atoms with Gasteiger partial charge in [-0.15, -0.1) is 10.2 Å². The minimum absolute atomic E-state index is 0.0794. The fourth-order valence-electron chi connectivity index (χ4n) is 1.63. The number of fused-ring (bicyclic) bond motifs is 1. The molecule has 80 valence electrons. The zero-order chi connectivity index (χ0) is 10.8. The molecular formula is C10H15N5. The molecule has 0 aliphatic heterocycles. The van der Waals surface area contributed by atoms with E-state index >= 15 is 0 Å². The lowest BCUT2D eigenvalue weighted by Crippen LogP contribution is -2.16. The van der Waals surface area contributed by atoms with E-state index in [0.29, 0.717) is 11.7 Å². The summed E-state index contributed by atoms with van der Waals surface area (Å²) in [6.45, 7) is 4.28. The van der Waals surface area contributed by atoms with Crippen LogP contribution in [0.25, 0.3) is 5.78 Å². The molecule has 2 aromatic rings. The predicted octanol–water partition coefficient (Wildman–Crippen LogP) is 1.17. The number of nitrogens with two attached hydrogens (primary N) is 1. The summed E-state index contributed by atoms with van der Waals surface area (Å²) in [6, 6.07) is 1.77. The van der Waals surface area contributed by atoms with Gasteiger partial charge in [-0.25, -0.2) is 4.98 Å². The topological polar surface area (TPSA) is 69.1 Å². The quantitative estimate of drug-likeness (QED) is 0.816. The fraction of sp³-hybridized carbons (Fsp3) is 0.500. The van der Waals surface area contributed by atoms with E-state index in [-0.39, 0.29) is 6.04 Å². The van der Waals surface area contributed by atoms with E-state index in [1.54, 1.807) is 6.20 Å². The average molecular weight is 205 g/mol. The first kappa shape index (κ1) is 10.0. The van der Waals surface area contributed by atoms with Crippen molar-refractivity contribution in [1.29, 1.82) is 0 Å². The second kappa shape index (κ2) is 3.94. The van der Waals surface area contributed by atoms with Gasteiger partial charge in [0.05, 0.1) is 6.04 Å². The van der Waals surface area contributed by atoms with Crippen molar-refractivity contribution < 1.29 is 0 Å². The molecule has 5 heteroatoms. The fourth-order valence-corrected chi connectivity index (χ4v) is 1.63. The van der Waals surface area contributed by atoms with Crippen molar-refractivity contribution in [3.8, 4) is 0 Å². The van der Waals surface area contributed by atoms with Crippen molar-refractivity contribution in [2.24, 2.45) is 11.7 Å². The molecule has 0 radical (unpaired) electrons. The third-order valence-electron chi connectivity index (χ3n) is 2.27. The molecule has 5 nitrogen and oxygen atoms in total. The van der Waals surface area contributed by atoms with Crippen molar-refractivity contribution in [3.05, 3.63) is 24.3 Å². The summed E-state index contributed by atoms with van der Waals surface area (Å²) in [4.78, 5) is 4.10. The lowest BCUT2D eigenvalue weighted by molar-refractivity contribution is 0.490. The first-order valence-corrected chi connectivity index (χ1v) is 5.09. The first-order valence-electron chi connectivity index (χ1n) is 5.09. The maximum atomic E-state index is 6.06. The Morgan fingerprint density at radius 1 is 1.40 bits per heavy atom. The maximum absolute atomic E-state index is 6.06. The van der Waals surface area contributed by atoms with E-state index in [1.807, 2.05) is 16.7 Å². The molecule has 0 aromatic carbocycles. The van der Waals surface area contributed by atoms with Crippen LogP contribution < -0.4 is 5.73 Å². The number of hydrogen-bond donors (Lipinski definition) is 1. The van der Waals surface area contributed by atoms with Crippen molar-refractivity contribution >= 4 is 5.78 Å². The van der Waals surface area contributed by atoms with Gasteiger partial charge in [-0.3, -0.25) is 4.40 Å². The van der Waals surface area contributed by atoms with Crippen LogP contribution in [-0.4, -0.2) is 19.6 Å². The van der Waals surface area contributed by atoms with Crippen LogP contribution >= 0.6 is 0 Å². The van der Waals surface area contributed by atoms with Gasteiger partial charge in [0.25, 0.3) is 5.78 Å². The number of aromatic nitrogens is 4. The Labute approximate surface area is 88.3 Å². The molecule has 0 saturated carbocycles. The predicted molar refractivity (Wildman–Crippen MR) is 57.2 cm³/mol. The van der Waals surface area contributed by atoms with Gasteiger partial charge in [0.1, 0.15) is 0 Å². The Morgan fingerprint density at radius 2 is 2.20 bits per heavy atom. The Kier molecular flexibility index (Phi) is 2.64. The molecule has 0 amide bonds. The monoisotopic (exact) mass is 205 g/mol. The molecule has 1 atom stereocenters. The summed E-state index contributed by atoms with van der Waals surface area (Å²) in [6.07, 6.45) is 4.48. The molecule has 2 aromatic heterocycles. The summed E-state index contributed by atoms with van der Waals surface area (Å²) in [7, 11) is 0. The van der Waals surface area contributed by atoms with Gasteiger partial charge >= 0.3 is 0 Å². The highest BCUT2D eigenvalue weighted by molar-refractivity contribution is 5.26. The third-order valence-corrected chi connectivity index (χ3v) is 2.27.